The number of urea groups is 1. The maximum absolute atomic E-state index is 11.6. The number of aliphatic carboxylic acids is 1. The molecule has 1 aliphatic carbocycles. The molecular formula is C14H26N2O4. The van der Waals surface area contributed by atoms with Gasteiger partial charge < -0.3 is 20.5 Å². The second-order valence-electron chi connectivity index (χ2n) is 5.45. The zero-order valence-electron chi connectivity index (χ0n) is 12.4. The Morgan fingerprint density at radius 2 is 1.80 bits per heavy atom. The molecule has 6 heteroatoms. The highest BCUT2D eigenvalue weighted by Gasteiger charge is 2.21. The summed E-state index contributed by atoms with van der Waals surface area (Å²) in [4.78, 5) is 22.3. The summed E-state index contributed by atoms with van der Waals surface area (Å²) in [5, 5.41) is 14.1. The molecule has 0 aliphatic heterocycles. The first-order valence-corrected chi connectivity index (χ1v) is 7.34. The molecule has 0 bridgehead atoms. The molecule has 1 aliphatic rings. The number of carbonyl (C=O) groups is 2. The summed E-state index contributed by atoms with van der Waals surface area (Å²) in [6.07, 6.45) is 5.06. The van der Waals surface area contributed by atoms with Gasteiger partial charge in [0.05, 0.1) is 6.54 Å². The van der Waals surface area contributed by atoms with Crippen LogP contribution in [0.5, 0.6) is 0 Å². The Balaban J connectivity index is 2.15. The third-order valence-electron chi connectivity index (χ3n) is 4.10. The van der Waals surface area contributed by atoms with Crippen molar-refractivity contribution in [3.05, 3.63) is 0 Å². The highest BCUT2D eigenvalue weighted by molar-refractivity contribution is 5.76. The van der Waals surface area contributed by atoms with Crippen molar-refractivity contribution in [2.45, 2.75) is 45.1 Å². The molecule has 3 N–H and O–H groups in total. The van der Waals surface area contributed by atoms with Crippen LogP contribution in [0.15, 0.2) is 0 Å². The van der Waals surface area contributed by atoms with Crippen LogP contribution in [0.25, 0.3) is 0 Å². The fourth-order valence-corrected chi connectivity index (χ4v) is 2.60. The number of carboxylic acid groups (broad SMARTS) is 1. The third kappa shape index (κ3) is 5.77. The van der Waals surface area contributed by atoms with Crippen LogP contribution < -0.4 is 10.6 Å². The van der Waals surface area contributed by atoms with E-state index in [0.29, 0.717) is 12.5 Å². The SMILES string of the molecule is CCC1CCC(CNC(=O)NCC(OC)C(=O)O)CC1. The van der Waals surface area contributed by atoms with Gasteiger partial charge in [-0.25, -0.2) is 9.59 Å². The summed E-state index contributed by atoms with van der Waals surface area (Å²) in [5.74, 6) is 0.310. The minimum Gasteiger partial charge on any atom is -0.479 e. The Kier molecular flexibility index (Phi) is 7.36. The first kappa shape index (κ1) is 16.8. The van der Waals surface area contributed by atoms with Gasteiger partial charge in [0, 0.05) is 13.7 Å². The van der Waals surface area contributed by atoms with E-state index in [1.807, 2.05) is 0 Å². The van der Waals surface area contributed by atoms with Crippen molar-refractivity contribution >= 4 is 12.0 Å². The van der Waals surface area contributed by atoms with E-state index in [4.69, 9.17) is 9.84 Å². The molecule has 6 nitrogen and oxygen atoms in total. The van der Waals surface area contributed by atoms with Crippen molar-refractivity contribution in [1.82, 2.24) is 10.6 Å². The van der Waals surface area contributed by atoms with Crippen LogP contribution in [0, 0.1) is 11.8 Å². The monoisotopic (exact) mass is 286 g/mol. The first-order valence-electron chi connectivity index (χ1n) is 7.34. The molecule has 0 saturated heterocycles. The van der Waals surface area contributed by atoms with Gasteiger partial charge in [-0.1, -0.05) is 26.2 Å². The second-order valence-corrected chi connectivity index (χ2v) is 5.45. The van der Waals surface area contributed by atoms with Crippen molar-refractivity contribution < 1.29 is 19.4 Å². The Morgan fingerprint density at radius 3 is 2.30 bits per heavy atom. The summed E-state index contributed by atoms with van der Waals surface area (Å²) in [5.41, 5.74) is 0. The molecule has 1 fully saturated rings. The predicted molar refractivity (Wildman–Crippen MR) is 75.6 cm³/mol. The molecule has 0 aromatic carbocycles. The molecule has 1 rings (SSSR count). The van der Waals surface area contributed by atoms with Gasteiger partial charge in [-0.05, 0) is 24.7 Å². The molecule has 1 saturated carbocycles. The van der Waals surface area contributed by atoms with Gasteiger partial charge in [0.25, 0.3) is 0 Å². The molecular weight excluding hydrogens is 260 g/mol. The zero-order chi connectivity index (χ0) is 15.0. The Bertz CT molecular complexity index is 314. The van der Waals surface area contributed by atoms with Crippen molar-refractivity contribution in [2.75, 3.05) is 20.2 Å². The zero-order valence-corrected chi connectivity index (χ0v) is 12.4. The molecule has 2 amide bonds. The number of rotatable bonds is 7. The Hall–Kier alpha value is -1.30. The summed E-state index contributed by atoms with van der Waals surface area (Å²) in [7, 11) is 1.31. The van der Waals surface area contributed by atoms with Crippen LogP contribution >= 0.6 is 0 Å². The molecule has 0 radical (unpaired) electrons. The van der Waals surface area contributed by atoms with Gasteiger partial charge in [0.2, 0.25) is 0 Å². The van der Waals surface area contributed by atoms with Crippen molar-refractivity contribution in [3.8, 4) is 0 Å². The largest absolute Gasteiger partial charge is 0.479 e. The third-order valence-corrected chi connectivity index (χ3v) is 4.10. The van der Waals surface area contributed by atoms with Gasteiger partial charge in [0.1, 0.15) is 0 Å². The predicted octanol–water partition coefficient (Wildman–Crippen LogP) is 1.60. The molecule has 0 heterocycles. The average Bonchev–Trinajstić information content (AvgIpc) is 2.46. The number of nitrogens with one attached hydrogen (secondary N) is 2. The number of hydrogen-bond acceptors (Lipinski definition) is 3. The highest BCUT2D eigenvalue weighted by Crippen LogP contribution is 2.29. The van der Waals surface area contributed by atoms with Gasteiger partial charge in [0.15, 0.2) is 6.10 Å². The van der Waals surface area contributed by atoms with E-state index in [2.05, 4.69) is 17.6 Å². The van der Waals surface area contributed by atoms with E-state index in [0.717, 1.165) is 18.8 Å². The Labute approximate surface area is 120 Å². The molecule has 116 valence electrons. The molecule has 0 aromatic rings. The minimum atomic E-state index is -1.08. The standard InChI is InChI=1S/C14H26N2O4/c1-3-10-4-6-11(7-5-10)8-15-14(19)16-9-12(20-2)13(17)18/h10-12H,3-9H2,1-2H3,(H,17,18)(H2,15,16,19). The first-order chi connectivity index (χ1) is 9.56. The molecule has 20 heavy (non-hydrogen) atoms. The van der Waals surface area contributed by atoms with E-state index in [9.17, 15) is 9.59 Å². The lowest BCUT2D eigenvalue weighted by Gasteiger charge is -2.27. The maximum atomic E-state index is 11.6. The summed E-state index contributed by atoms with van der Waals surface area (Å²) in [6.45, 7) is 2.86. The van der Waals surface area contributed by atoms with E-state index in [-0.39, 0.29) is 12.6 Å². The fraction of sp³-hybridized carbons (Fsp3) is 0.857. The fourth-order valence-electron chi connectivity index (χ4n) is 2.60. The van der Waals surface area contributed by atoms with E-state index >= 15 is 0 Å². The van der Waals surface area contributed by atoms with Gasteiger partial charge in [-0.3, -0.25) is 0 Å². The van der Waals surface area contributed by atoms with Crippen LogP contribution in [0.3, 0.4) is 0 Å². The van der Waals surface area contributed by atoms with Gasteiger partial charge in [-0.15, -0.1) is 0 Å². The van der Waals surface area contributed by atoms with Crippen molar-refractivity contribution in [2.24, 2.45) is 11.8 Å². The summed E-state index contributed by atoms with van der Waals surface area (Å²) >= 11 is 0. The van der Waals surface area contributed by atoms with E-state index < -0.39 is 12.1 Å². The van der Waals surface area contributed by atoms with Gasteiger partial charge >= 0.3 is 12.0 Å². The molecule has 1 unspecified atom stereocenters. The number of carboxylic acids is 1. The lowest BCUT2D eigenvalue weighted by atomic mass is 9.81. The molecule has 1 atom stereocenters. The highest BCUT2D eigenvalue weighted by atomic mass is 16.5. The summed E-state index contributed by atoms with van der Waals surface area (Å²) in [6, 6.07) is -0.328. The van der Waals surface area contributed by atoms with Crippen molar-refractivity contribution in [3.63, 3.8) is 0 Å². The number of methoxy groups -OCH3 is 1. The van der Waals surface area contributed by atoms with Crippen LogP contribution in [0.4, 0.5) is 4.79 Å². The topological polar surface area (TPSA) is 87.7 Å². The van der Waals surface area contributed by atoms with Crippen LogP contribution in [-0.2, 0) is 9.53 Å². The Morgan fingerprint density at radius 1 is 1.20 bits per heavy atom. The van der Waals surface area contributed by atoms with Crippen LogP contribution in [0.1, 0.15) is 39.0 Å². The normalized spacial score (nSPS) is 23.9. The number of hydrogen-bond donors (Lipinski definition) is 3. The number of ether oxygens (including phenoxy) is 1. The van der Waals surface area contributed by atoms with E-state index in [1.54, 1.807) is 0 Å². The summed E-state index contributed by atoms with van der Waals surface area (Å²) < 4.78 is 4.74. The van der Waals surface area contributed by atoms with Crippen molar-refractivity contribution in [1.29, 1.82) is 0 Å². The maximum Gasteiger partial charge on any atom is 0.334 e. The van der Waals surface area contributed by atoms with E-state index in [1.165, 1.54) is 26.4 Å². The minimum absolute atomic E-state index is 0.0275. The number of amides is 2. The lowest BCUT2D eigenvalue weighted by molar-refractivity contribution is -0.147. The van der Waals surface area contributed by atoms with Gasteiger partial charge in [-0.2, -0.15) is 0 Å². The average molecular weight is 286 g/mol. The second kappa shape index (κ2) is 8.79. The molecule has 0 aromatic heterocycles. The smallest absolute Gasteiger partial charge is 0.334 e. The lowest BCUT2D eigenvalue weighted by Crippen LogP contribution is -2.44. The molecule has 0 spiro atoms. The van der Waals surface area contributed by atoms with Crippen LogP contribution in [-0.4, -0.2) is 43.4 Å². The number of carbonyl (C=O) groups excluding carboxylic acids is 1. The van der Waals surface area contributed by atoms with Crippen LogP contribution in [0.2, 0.25) is 0 Å². The quantitative estimate of drug-likeness (QED) is 0.663.